The molecule has 140 valence electrons. The lowest BCUT2D eigenvalue weighted by molar-refractivity contribution is 0.224. The van der Waals surface area contributed by atoms with Gasteiger partial charge in [-0.2, -0.15) is 0 Å². The van der Waals surface area contributed by atoms with E-state index < -0.39 is 10.0 Å². The largest absolute Gasteiger partial charge is 0.296 e. The molecule has 3 aromatic rings. The topological polar surface area (TPSA) is 42.3 Å². The number of fused-ring (bicyclic) bond motifs is 6. The van der Waals surface area contributed by atoms with Gasteiger partial charge in [0.05, 0.1) is 10.4 Å². The summed E-state index contributed by atoms with van der Waals surface area (Å²) in [6.07, 6.45) is 3.03. The average molecular weight is 381 g/mol. The molecule has 2 aliphatic heterocycles. The van der Waals surface area contributed by atoms with Crippen LogP contribution in [-0.4, -0.2) is 30.4 Å². The number of hydrogen-bond acceptors (Lipinski definition) is 3. The fourth-order valence-corrected chi connectivity index (χ4v) is 6.51. The van der Waals surface area contributed by atoms with Crippen molar-refractivity contribution in [2.75, 3.05) is 7.05 Å². The molecule has 2 aromatic carbocycles. The Morgan fingerprint density at radius 2 is 1.67 bits per heavy atom. The van der Waals surface area contributed by atoms with E-state index in [1.807, 2.05) is 31.2 Å². The minimum Gasteiger partial charge on any atom is -0.296 e. The molecule has 0 spiro atoms. The first-order valence-electron chi connectivity index (χ1n) is 9.56. The predicted molar refractivity (Wildman–Crippen MR) is 108 cm³/mol. The lowest BCUT2D eigenvalue weighted by atomic mass is 9.97. The quantitative estimate of drug-likeness (QED) is 0.670. The van der Waals surface area contributed by atoms with E-state index in [-0.39, 0.29) is 0 Å². The second-order valence-corrected chi connectivity index (χ2v) is 9.87. The predicted octanol–water partition coefficient (Wildman–Crippen LogP) is 4.19. The van der Waals surface area contributed by atoms with E-state index in [0.717, 1.165) is 47.0 Å². The van der Waals surface area contributed by atoms with Crippen LogP contribution in [0.5, 0.6) is 0 Å². The Balaban J connectivity index is 1.84. The van der Waals surface area contributed by atoms with Crippen molar-refractivity contribution in [3.8, 4) is 0 Å². The Labute approximate surface area is 160 Å². The van der Waals surface area contributed by atoms with E-state index in [1.165, 1.54) is 5.56 Å². The highest BCUT2D eigenvalue weighted by molar-refractivity contribution is 7.90. The molecule has 1 aromatic heterocycles. The zero-order valence-corrected chi connectivity index (χ0v) is 16.8. The van der Waals surface area contributed by atoms with E-state index in [4.69, 9.17) is 0 Å². The number of aryl methyl sites for hydroxylation is 2. The van der Waals surface area contributed by atoms with Gasteiger partial charge >= 0.3 is 0 Å². The third-order valence-electron chi connectivity index (χ3n) is 6.38. The minimum atomic E-state index is -3.63. The molecule has 2 aliphatic rings. The van der Waals surface area contributed by atoms with E-state index in [9.17, 15) is 8.42 Å². The zero-order valence-electron chi connectivity index (χ0n) is 15.9. The highest BCUT2D eigenvalue weighted by Gasteiger charge is 2.42. The summed E-state index contributed by atoms with van der Waals surface area (Å²) in [5.74, 6) is 0. The minimum absolute atomic E-state index is 0.317. The summed E-state index contributed by atoms with van der Waals surface area (Å²) >= 11 is 0. The van der Waals surface area contributed by atoms with E-state index >= 15 is 0 Å². The van der Waals surface area contributed by atoms with Gasteiger partial charge in [0.2, 0.25) is 0 Å². The fraction of sp³-hybridized carbons (Fsp3) is 0.364. The van der Waals surface area contributed by atoms with Crippen molar-refractivity contribution < 1.29 is 8.42 Å². The van der Waals surface area contributed by atoms with Crippen LogP contribution in [0.3, 0.4) is 0 Å². The van der Waals surface area contributed by atoms with Crippen LogP contribution in [0.2, 0.25) is 0 Å². The molecule has 0 N–H and O–H groups in total. The molecular formula is C22H24N2O2S. The fourth-order valence-electron chi connectivity index (χ4n) is 4.94. The second kappa shape index (κ2) is 5.69. The number of rotatable bonds is 2. The average Bonchev–Trinajstić information content (AvgIpc) is 3.06. The summed E-state index contributed by atoms with van der Waals surface area (Å²) in [6.45, 7) is 4.04. The maximum Gasteiger partial charge on any atom is 0.268 e. The maximum atomic E-state index is 13.6. The summed E-state index contributed by atoms with van der Waals surface area (Å²) < 4.78 is 28.9. The van der Waals surface area contributed by atoms with Crippen molar-refractivity contribution in [3.05, 3.63) is 64.8 Å². The number of nitrogens with zero attached hydrogens (tertiary/aromatic N) is 2. The molecule has 5 rings (SSSR count). The van der Waals surface area contributed by atoms with Gasteiger partial charge in [0, 0.05) is 29.6 Å². The molecule has 2 atom stereocenters. The highest BCUT2D eigenvalue weighted by atomic mass is 32.2. The maximum absolute atomic E-state index is 13.6. The Morgan fingerprint density at radius 3 is 2.41 bits per heavy atom. The van der Waals surface area contributed by atoms with Crippen molar-refractivity contribution >= 4 is 20.9 Å². The molecule has 27 heavy (non-hydrogen) atoms. The monoisotopic (exact) mass is 380 g/mol. The van der Waals surface area contributed by atoms with Gasteiger partial charge in [-0.1, -0.05) is 29.3 Å². The normalized spacial score (nSPS) is 22.3. The first-order chi connectivity index (χ1) is 12.9. The van der Waals surface area contributed by atoms with Crippen LogP contribution in [0, 0.1) is 13.8 Å². The molecule has 5 heteroatoms. The van der Waals surface area contributed by atoms with Crippen LogP contribution in [0.25, 0.3) is 10.9 Å². The molecular weight excluding hydrogens is 356 g/mol. The summed E-state index contributed by atoms with van der Waals surface area (Å²) in [5, 5.41) is 1.10. The first-order valence-corrected chi connectivity index (χ1v) is 11.0. The third kappa shape index (κ3) is 2.34. The number of benzene rings is 2. The third-order valence-corrected chi connectivity index (χ3v) is 8.15. The zero-order chi connectivity index (χ0) is 18.9. The summed E-state index contributed by atoms with van der Waals surface area (Å²) in [5.41, 5.74) is 5.25. The number of likely N-dealkylation sites (N-methyl/N-ethyl adjacent to an activating group) is 1. The van der Waals surface area contributed by atoms with Gasteiger partial charge in [-0.05, 0) is 63.6 Å². The van der Waals surface area contributed by atoms with Crippen LogP contribution in [0.15, 0.2) is 47.4 Å². The van der Waals surface area contributed by atoms with Gasteiger partial charge in [0.25, 0.3) is 10.0 Å². The standard InChI is InChI=1S/C22H24N2O2S/c1-14-4-8-17(9-5-14)27(25,26)24-19-10-6-15(2)12-18(19)22-20-11-7-16(23(20)3)13-21(22)24/h4-6,8-10,12,16,20H,7,11,13H2,1-3H3/t16-,20+/m1/s1. The van der Waals surface area contributed by atoms with Crippen LogP contribution in [0.4, 0.5) is 0 Å². The molecule has 1 saturated heterocycles. The van der Waals surface area contributed by atoms with Crippen LogP contribution in [-0.2, 0) is 16.4 Å². The van der Waals surface area contributed by atoms with Crippen LogP contribution >= 0.6 is 0 Å². The van der Waals surface area contributed by atoms with Gasteiger partial charge in [-0.25, -0.2) is 12.4 Å². The lowest BCUT2D eigenvalue weighted by Crippen LogP contribution is -2.35. The highest BCUT2D eigenvalue weighted by Crippen LogP contribution is 2.47. The first kappa shape index (κ1) is 17.0. The van der Waals surface area contributed by atoms with Crippen molar-refractivity contribution in [2.45, 2.75) is 50.1 Å². The summed E-state index contributed by atoms with van der Waals surface area (Å²) in [6, 6.07) is 14.1. The molecule has 0 aliphatic carbocycles. The molecule has 2 bridgehead atoms. The molecule has 4 nitrogen and oxygen atoms in total. The van der Waals surface area contributed by atoms with Crippen molar-refractivity contribution in [1.82, 2.24) is 8.87 Å². The molecule has 0 saturated carbocycles. The van der Waals surface area contributed by atoms with Gasteiger partial charge in [-0.15, -0.1) is 0 Å². The molecule has 0 unspecified atom stereocenters. The van der Waals surface area contributed by atoms with Gasteiger partial charge < -0.3 is 0 Å². The molecule has 0 amide bonds. The van der Waals surface area contributed by atoms with E-state index in [0.29, 0.717) is 17.0 Å². The Hall–Kier alpha value is -2.11. The van der Waals surface area contributed by atoms with Crippen molar-refractivity contribution in [2.24, 2.45) is 0 Å². The van der Waals surface area contributed by atoms with Gasteiger partial charge in [-0.3, -0.25) is 4.90 Å². The number of aromatic nitrogens is 1. The number of hydrogen-bond donors (Lipinski definition) is 0. The Bertz CT molecular complexity index is 1160. The van der Waals surface area contributed by atoms with Crippen LogP contribution < -0.4 is 0 Å². The Kier molecular flexibility index (Phi) is 3.59. The summed E-state index contributed by atoms with van der Waals surface area (Å²) in [7, 11) is -1.45. The van der Waals surface area contributed by atoms with Crippen molar-refractivity contribution in [1.29, 1.82) is 0 Å². The second-order valence-electron chi connectivity index (χ2n) is 8.08. The molecule has 3 heterocycles. The SMILES string of the molecule is Cc1ccc(S(=O)(=O)n2c3c(c4cc(C)ccc42)[C@@H]2CC[C@H](C3)N2C)cc1. The van der Waals surface area contributed by atoms with E-state index in [1.54, 1.807) is 16.1 Å². The Morgan fingerprint density at radius 1 is 0.963 bits per heavy atom. The van der Waals surface area contributed by atoms with Crippen molar-refractivity contribution in [3.63, 3.8) is 0 Å². The van der Waals surface area contributed by atoms with Gasteiger partial charge in [0.15, 0.2) is 0 Å². The van der Waals surface area contributed by atoms with Crippen LogP contribution in [0.1, 0.15) is 41.3 Å². The molecule has 0 radical (unpaired) electrons. The van der Waals surface area contributed by atoms with E-state index in [2.05, 4.69) is 24.9 Å². The smallest absolute Gasteiger partial charge is 0.268 e. The molecule has 1 fully saturated rings. The lowest BCUT2D eigenvalue weighted by Gasteiger charge is -2.32. The van der Waals surface area contributed by atoms with Gasteiger partial charge in [0.1, 0.15) is 0 Å². The summed E-state index contributed by atoms with van der Waals surface area (Å²) in [4.78, 5) is 2.80.